The minimum Gasteiger partial charge on any atom is -0.478 e. The second-order valence-electron chi connectivity index (χ2n) is 3.90. The normalized spacial score (nSPS) is 11.1. The Kier molecular flexibility index (Phi) is 3.35. The minimum absolute atomic E-state index is 0.144. The molecule has 0 saturated heterocycles. The predicted octanol–water partition coefficient (Wildman–Crippen LogP) is 3.65. The summed E-state index contributed by atoms with van der Waals surface area (Å²) < 4.78 is 2.61. The summed E-state index contributed by atoms with van der Waals surface area (Å²) in [4.78, 5) is 12.0. The molecule has 2 rings (SSSR count). The fourth-order valence-corrected chi connectivity index (χ4v) is 2.86. The van der Waals surface area contributed by atoms with Crippen LogP contribution in [0.1, 0.15) is 30.2 Å². The van der Waals surface area contributed by atoms with Crippen molar-refractivity contribution in [1.29, 1.82) is 0 Å². The van der Waals surface area contributed by atoms with Gasteiger partial charge in [-0.1, -0.05) is 0 Å². The van der Waals surface area contributed by atoms with Crippen molar-refractivity contribution in [2.45, 2.75) is 19.9 Å². The maximum absolute atomic E-state index is 11.2. The van der Waals surface area contributed by atoms with Crippen molar-refractivity contribution in [2.24, 2.45) is 0 Å². The Bertz CT molecular complexity index is 560. The lowest BCUT2D eigenvalue weighted by atomic mass is 10.2. The lowest BCUT2D eigenvalue weighted by molar-refractivity contribution is 0.0697. The highest BCUT2D eigenvalue weighted by molar-refractivity contribution is 9.10. The van der Waals surface area contributed by atoms with Crippen molar-refractivity contribution in [3.05, 3.63) is 27.7 Å². The first-order valence-corrected chi connectivity index (χ1v) is 6.73. The maximum atomic E-state index is 11.2. The number of aromatic nitrogens is 2. The maximum Gasteiger partial charge on any atom is 0.339 e. The van der Waals surface area contributed by atoms with Crippen LogP contribution < -0.4 is 0 Å². The molecule has 0 bridgehead atoms. The largest absolute Gasteiger partial charge is 0.478 e. The summed E-state index contributed by atoms with van der Waals surface area (Å²) in [7, 11) is 0. The van der Waals surface area contributed by atoms with Gasteiger partial charge >= 0.3 is 5.97 Å². The molecular weight excluding hydrogens is 304 g/mol. The van der Waals surface area contributed by atoms with E-state index in [4.69, 9.17) is 5.11 Å². The van der Waals surface area contributed by atoms with Crippen LogP contribution >= 0.6 is 27.3 Å². The third-order valence-electron chi connectivity index (χ3n) is 2.29. The Morgan fingerprint density at radius 1 is 1.59 bits per heavy atom. The van der Waals surface area contributed by atoms with Crippen LogP contribution in [0.5, 0.6) is 0 Å². The quantitative estimate of drug-likeness (QED) is 0.940. The standard InChI is InChI=1S/C11H11BrN2O2S/c1-6(2)14-4-8(11(15)16)10(13-14)9-3-7(12)5-17-9/h3-6H,1-2H3,(H,15,16). The molecule has 0 spiro atoms. The molecule has 6 heteroatoms. The van der Waals surface area contributed by atoms with E-state index in [0.29, 0.717) is 5.69 Å². The third kappa shape index (κ3) is 2.42. The summed E-state index contributed by atoms with van der Waals surface area (Å²) in [5.74, 6) is -0.948. The van der Waals surface area contributed by atoms with Crippen molar-refractivity contribution < 1.29 is 9.90 Å². The number of carboxylic acid groups (broad SMARTS) is 1. The van der Waals surface area contributed by atoms with Gasteiger partial charge < -0.3 is 5.11 Å². The molecule has 0 aliphatic carbocycles. The summed E-state index contributed by atoms with van der Waals surface area (Å²) in [5.41, 5.74) is 0.773. The molecule has 0 radical (unpaired) electrons. The molecule has 90 valence electrons. The van der Waals surface area contributed by atoms with Crippen molar-refractivity contribution in [3.63, 3.8) is 0 Å². The summed E-state index contributed by atoms with van der Waals surface area (Å²) >= 11 is 4.83. The van der Waals surface area contributed by atoms with Crippen LogP contribution in [0.2, 0.25) is 0 Å². The molecule has 0 unspecified atom stereocenters. The van der Waals surface area contributed by atoms with Gasteiger partial charge in [0, 0.05) is 22.1 Å². The lowest BCUT2D eigenvalue weighted by Gasteiger charge is -2.02. The summed E-state index contributed by atoms with van der Waals surface area (Å²) in [5, 5.41) is 15.4. The average molecular weight is 315 g/mol. The Morgan fingerprint density at radius 2 is 2.29 bits per heavy atom. The molecule has 2 heterocycles. The van der Waals surface area contributed by atoms with Crippen LogP contribution in [-0.4, -0.2) is 20.9 Å². The van der Waals surface area contributed by atoms with Gasteiger partial charge in [0.25, 0.3) is 0 Å². The van der Waals surface area contributed by atoms with E-state index in [2.05, 4.69) is 21.0 Å². The van der Waals surface area contributed by atoms with Crippen LogP contribution in [0.15, 0.2) is 22.1 Å². The SMILES string of the molecule is CC(C)n1cc(C(=O)O)c(-c2cc(Br)cs2)n1. The average Bonchev–Trinajstić information content (AvgIpc) is 2.82. The van der Waals surface area contributed by atoms with Gasteiger partial charge in [-0.05, 0) is 35.8 Å². The predicted molar refractivity (Wildman–Crippen MR) is 70.6 cm³/mol. The third-order valence-corrected chi connectivity index (χ3v) is 3.99. The summed E-state index contributed by atoms with van der Waals surface area (Å²) in [6.07, 6.45) is 1.58. The number of carbonyl (C=O) groups is 1. The number of hydrogen-bond acceptors (Lipinski definition) is 3. The second kappa shape index (κ2) is 4.62. The fraction of sp³-hybridized carbons (Fsp3) is 0.273. The van der Waals surface area contributed by atoms with Crippen LogP contribution in [-0.2, 0) is 0 Å². The Balaban J connectivity index is 2.55. The van der Waals surface area contributed by atoms with Crippen LogP contribution in [0.4, 0.5) is 0 Å². The molecule has 1 N–H and O–H groups in total. The van der Waals surface area contributed by atoms with E-state index >= 15 is 0 Å². The van der Waals surface area contributed by atoms with E-state index < -0.39 is 5.97 Å². The van der Waals surface area contributed by atoms with E-state index in [-0.39, 0.29) is 11.6 Å². The van der Waals surface area contributed by atoms with Crippen LogP contribution in [0.25, 0.3) is 10.6 Å². The van der Waals surface area contributed by atoms with Gasteiger partial charge in [0.1, 0.15) is 11.3 Å². The number of hydrogen-bond donors (Lipinski definition) is 1. The highest BCUT2D eigenvalue weighted by Gasteiger charge is 2.19. The van der Waals surface area contributed by atoms with E-state index in [1.54, 1.807) is 10.9 Å². The van der Waals surface area contributed by atoms with Gasteiger partial charge in [0.2, 0.25) is 0 Å². The van der Waals surface area contributed by atoms with Gasteiger partial charge in [-0.3, -0.25) is 4.68 Å². The molecule has 0 saturated carbocycles. The first-order valence-electron chi connectivity index (χ1n) is 5.06. The molecule has 4 nitrogen and oxygen atoms in total. The Hall–Kier alpha value is -1.14. The zero-order chi connectivity index (χ0) is 12.6. The van der Waals surface area contributed by atoms with Gasteiger partial charge in [0.05, 0.1) is 4.88 Å². The number of nitrogens with zero attached hydrogens (tertiary/aromatic N) is 2. The van der Waals surface area contributed by atoms with Crippen molar-refractivity contribution in [1.82, 2.24) is 9.78 Å². The molecule has 0 aliphatic rings. The van der Waals surface area contributed by atoms with Crippen molar-refractivity contribution >= 4 is 33.2 Å². The van der Waals surface area contributed by atoms with Gasteiger partial charge in [-0.2, -0.15) is 5.10 Å². The lowest BCUT2D eigenvalue weighted by Crippen LogP contribution is -2.00. The molecular formula is C11H11BrN2O2S. The van der Waals surface area contributed by atoms with Crippen molar-refractivity contribution in [3.8, 4) is 10.6 Å². The number of rotatable bonds is 3. The van der Waals surface area contributed by atoms with Gasteiger partial charge in [-0.15, -0.1) is 11.3 Å². The Morgan fingerprint density at radius 3 is 2.76 bits per heavy atom. The highest BCUT2D eigenvalue weighted by Crippen LogP contribution is 2.31. The second-order valence-corrected chi connectivity index (χ2v) is 5.73. The smallest absolute Gasteiger partial charge is 0.339 e. The summed E-state index contributed by atoms with van der Waals surface area (Å²) in [6.45, 7) is 3.93. The van der Waals surface area contributed by atoms with E-state index in [9.17, 15) is 4.79 Å². The molecule has 0 aliphatic heterocycles. The Labute approximate surface area is 111 Å². The minimum atomic E-state index is -0.948. The first kappa shape index (κ1) is 12.3. The zero-order valence-corrected chi connectivity index (χ0v) is 11.7. The van der Waals surface area contributed by atoms with E-state index in [1.165, 1.54) is 11.3 Å². The highest BCUT2D eigenvalue weighted by atomic mass is 79.9. The number of aromatic carboxylic acids is 1. The molecule has 0 fully saturated rings. The number of halogens is 1. The fourth-order valence-electron chi connectivity index (χ4n) is 1.43. The van der Waals surface area contributed by atoms with E-state index in [1.807, 2.05) is 25.3 Å². The molecule has 0 aromatic carbocycles. The molecule has 2 aromatic rings. The molecule has 2 aromatic heterocycles. The number of thiophene rings is 1. The zero-order valence-electron chi connectivity index (χ0n) is 9.35. The summed E-state index contributed by atoms with van der Waals surface area (Å²) in [6, 6.07) is 2.02. The van der Waals surface area contributed by atoms with Gasteiger partial charge in [0.15, 0.2) is 0 Å². The van der Waals surface area contributed by atoms with Crippen LogP contribution in [0, 0.1) is 0 Å². The topological polar surface area (TPSA) is 55.1 Å². The molecule has 0 atom stereocenters. The van der Waals surface area contributed by atoms with Gasteiger partial charge in [-0.25, -0.2) is 4.79 Å². The van der Waals surface area contributed by atoms with E-state index in [0.717, 1.165) is 9.35 Å². The molecule has 17 heavy (non-hydrogen) atoms. The number of carboxylic acids is 1. The first-order chi connectivity index (χ1) is 7.99. The van der Waals surface area contributed by atoms with Crippen LogP contribution in [0.3, 0.4) is 0 Å². The van der Waals surface area contributed by atoms with Crippen molar-refractivity contribution in [2.75, 3.05) is 0 Å². The molecule has 0 amide bonds. The monoisotopic (exact) mass is 314 g/mol.